The Bertz CT molecular complexity index is 709. The first-order chi connectivity index (χ1) is 13.8. The normalized spacial score (nSPS) is 25.2. The minimum absolute atomic E-state index is 0.152. The maximum absolute atomic E-state index is 12.5. The average molecular weight is 386 g/mol. The summed E-state index contributed by atoms with van der Waals surface area (Å²) in [6, 6.07) is 8.28. The summed E-state index contributed by atoms with van der Waals surface area (Å²) in [5.41, 5.74) is 1.27. The molecule has 7 nitrogen and oxygen atoms in total. The fraction of sp³-hybridized carbons (Fsp3) is 0.619. The summed E-state index contributed by atoms with van der Waals surface area (Å²) in [5.74, 6) is 2.48. The van der Waals surface area contributed by atoms with Crippen LogP contribution in [0, 0.1) is 0 Å². The lowest BCUT2D eigenvalue weighted by molar-refractivity contribution is -0.142. The third-order valence-corrected chi connectivity index (χ3v) is 5.90. The monoisotopic (exact) mass is 386 g/mol. The van der Waals surface area contributed by atoms with Crippen molar-refractivity contribution in [3.8, 4) is 5.75 Å². The first kappa shape index (κ1) is 19.1. The van der Waals surface area contributed by atoms with Crippen LogP contribution in [0.15, 0.2) is 29.3 Å². The second-order valence-electron chi connectivity index (χ2n) is 7.61. The average Bonchev–Trinajstić information content (AvgIpc) is 3.29. The smallest absolute Gasteiger partial charge is 0.251 e. The number of rotatable bonds is 3. The predicted octanol–water partition coefficient (Wildman–Crippen LogP) is 1.45. The van der Waals surface area contributed by atoms with Crippen molar-refractivity contribution in [2.75, 3.05) is 53.0 Å². The molecule has 0 spiro atoms. The summed E-state index contributed by atoms with van der Waals surface area (Å²) < 4.78 is 11.3. The van der Waals surface area contributed by atoms with Crippen LogP contribution in [-0.2, 0) is 9.53 Å². The van der Waals surface area contributed by atoms with Crippen LogP contribution in [0.4, 0.5) is 0 Å². The number of benzene rings is 1. The molecule has 2 fully saturated rings. The summed E-state index contributed by atoms with van der Waals surface area (Å²) in [6.07, 6.45) is 2.62. The Morgan fingerprint density at radius 1 is 1.14 bits per heavy atom. The highest BCUT2D eigenvalue weighted by atomic mass is 16.5. The Morgan fingerprint density at radius 2 is 1.93 bits per heavy atom. The molecule has 1 N–H and O–H groups in total. The number of para-hydroxylation sites is 1. The number of aliphatic imine (C=N–C) groups is 1. The fourth-order valence-corrected chi connectivity index (χ4v) is 4.29. The SMILES string of the molecule is CN=C(NCC1CCOc2ccccc21)N1CCN(C(=O)C2CCCO2)CC1. The summed E-state index contributed by atoms with van der Waals surface area (Å²) in [4.78, 5) is 21.2. The van der Waals surface area contributed by atoms with Gasteiger partial charge in [0.15, 0.2) is 5.96 Å². The Morgan fingerprint density at radius 3 is 2.68 bits per heavy atom. The number of hydrogen-bond donors (Lipinski definition) is 1. The zero-order valence-corrected chi connectivity index (χ0v) is 16.6. The molecule has 3 aliphatic heterocycles. The summed E-state index contributed by atoms with van der Waals surface area (Å²) in [7, 11) is 1.82. The first-order valence-electron chi connectivity index (χ1n) is 10.3. The molecular weight excluding hydrogens is 356 g/mol. The molecule has 1 amide bonds. The Labute approximate surface area is 166 Å². The number of carbonyl (C=O) groups is 1. The molecule has 2 saturated heterocycles. The van der Waals surface area contributed by atoms with E-state index in [4.69, 9.17) is 9.47 Å². The Kier molecular flexibility index (Phi) is 6.00. The van der Waals surface area contributed by atoms with Crippen molar-refractivity contribution in [1.82, 2.24) is 15.1 Å². The number of hydrogen-bond acceptors (Lipinski definition) is 4. The molecule has 0 aromatic heterocycles. The maximum atomic E-state index is 12.5. The van der Waals surface area contributed by atoms with Crippen LogP contribution in [-0.4, -0.2) is 80.8 Å². The second-order valence-corrected chi connectivity index (χ2v) is 7.61. The molecule has 28 heavy (non-hydrogen) atoms. The lowest BCUT2D eigenvalue weighted by Crippen LogP contribution is -2.55. The molecule has 1 aromatic carbocycles. The van der Waals surface area contributed by atoms with E-state index >= 15 is 0 Å². The van der Waals surface area contributed by atoms with Crippen LogP contribution in [0.3, 0.4) is 0 Å². The van der Waals surface area contributed by atoms with Crippen LogP contribution in [0.25, 0.3) is 0 Å². The van der Waals surface area contributed by atoms with Crippen molar-refractivity contribution < 1.29 is 14.3 Å². The van der Waals surface area contributed by atoms with E-state index in [2.05, 4.69) is 27.3 Å². The van der Waals surface area contributed by atoms with E-state index in [1.54, 1.807) is 0 Å². The molecule has 0 saturated carbocycles. The summed E-state index contributed by atoms with van der Waals surface area (Å²) in [5, 5.41) is 3.54. The lowest BCUT2D eigenvalue weighted by Gasteiger charge is -2.37. The van der Waals surface area contributed by atoms with Gasteiger partial charge in [-0.2, -0.15) is 0 Å². The molecule has 3 aliphatic rings. The highest BCUT2D eigenvalue weighted by Gasteiger charge is 2.31. The molecule has 3 heterocycles. The van der Waals surface area contributed by atoms with E-state index in [0.29, 0.717) is 12.5 Å². The van der Waals surface area contributed by atoms with Crippen LogP contribution in [0.2, 0.25) is 0 Å². The van der Waals surface area contributed by atoms with Gasteiger partial charge in [0.2, 0.25) is 0 Å². The molecule has 0 radical (unpaired) electrons. The van der Waals surface area contributed by atoms with Gasteiger partial charge in [-0.3, -0.25) is 9.79 Å². The van der Waals surface area contributed by atoms with Gasteiger partial charge in [0.25, 0.3) is 5.91 Å². The number of amides is 1. The molecule has 0 bridgehead atoms. The maximum Gasteiger partial charge on any atom is 0.251 e. The molecule has 7 heteroatoms. The van der Waals surface area contributed by atoms with Crippen molar-refractivity contribution in [3.63, 3.8) is 0 Å². The first-order valence-corrected chi connectivity index (χ1v) is 10.3. The van der Waals surface area contributed by atoms with Gasteiger partial charge in [0.1, 0.15) is 11.9 Å². The van der Waals surface area contributed by atoms with Gasteiger partial charge in [0.05, 0.1) is 6.61 Å². The van der Waals surface area contributed by atoms with E-state index in [1.165, 1.54) is 5.56 Å². The molecule has 152 valence electrons. The number of guanidine groups is 1. The lowest BCUT2D eigenvalue weighted by atomic mass is 9.93. The van der Waals surface area contributed by atoms with E-state index in [-0.39, 0.29) is 12.0 Å². The molecule has 2 atom stereocenters. The Balaban J connectivity index is 1.29. The predicted molar refractivity (Wildman–Crippen MR) is 108 cm³/mol. The minimum atomic E-state index is -0.224. The highest BCUT2D eigenvalue weighted by Crippen LogP contribution is 2.32. The Hall–Kier alpha value is -2.28. The number of carbonyl (C=O) groups excluding carboxylic acids is 1. The number of ether oxygens (including phenoxy) is 2. The van der Waals surface area contributed by atoms with E-state index in [1.807, 2.05) is 24.1 Å². The van der Waals surface area contributed by atoms with Crippen LogP contribution in [0.1, 0.15) is 30.7 Å². The third kappa shape index (κ3) is 4.09. The van der Waals surface area contributed by atoms with Gasteiger partial charge in [-0.25, -0.2) is 0 Å². The quantitative estimate of drug-likeness (QED) is 0.629. The molecule has 4 rings (SSSR count). The molecular formula is C21H30N4O3. The minimum Gasteiger partial charge on any atom is -0.493 e. The third-order valence-electron chi connectivity index (χ3n) is 5.90. The van der Waals surface area contributed by atoms with E-state index < -0.39 is 0 Å². The number of nitrogens with one attached hydrogen (secondary N) is 1. The molecule has 0 aliphatic carbocycles. The standard InChI is InChI=1S/C21H30N4O3/c1-22-21(23-15-16-8-14-28-18-6-3-2-5-17(16)18)25-11-9-24(10-12-25)20(26)19-7-4-13-27-19/h2-3,5-6,16,19H,4,7-15H2,1H3,(H,22,23). The summed E-state index contributed by atoms with van der Waals surface area (Å²) >= 11 is 0. The van der Waals surface area contributed by atoms with Crippen molar-refractivity contribution in [1.29, 1.82) is 0 Å². The van der Waals surface area contributed by atoms with Gasteiger partial charge in [-0.05, 0) is 30.9 Å². The van der Waals surface area contributed by atoms with Crippen molar-refractivity contribution in [3.05, 3.63) is 29.8 Å². The number of piperazine rings is 1. The zero-order chi connectivity index (χ0) is 19.3. The zero-order valence-electron chi connectivity index (χ0n) is 16.6. The van der Waals surface area contributed by atoms with Crippen LogP contribution in [0.5, 0.6) is 5.75 Å². The van der Waals surface area contributed by atoms with Crippen molar-refractivity contribution >= 4 is 11.9 Å². The largest absolute Gasteiger partial charge is 0.493 e. The highest BCUT2D eigenvalue weighted by molar-refractivity contribution is 5.82. The van der Waals surface area contributed by atoms with Gasteiger partial charge in [-0.15, -0.1) is 0 Å². The van der Waals surface area contributed by atoms with E-state index in [9.17, 15) is 4.79 Å². The van der Waals surface area contributed by atoms with E-state index in [0.717, 1.165) is 70.3 Å². The topological polar surface area (TPSA) is 66.4 Å². The van der Waals surface area contributed by atoms with Gasteiger partial charge >= 0.3 is 0 Å². The van der Waals surface area contributed by atoms with Crippen molar-refractivity contribution in [2.24, 2.45) is 4.99 Å². The van der Waals surface area contributed by atoms with Gasteiger partial charge in [0, 0.05) is 52.3 Å². The molecule has 2 unspecified atom stereocenters. The van der Waals surface area contributed by atoms with Gasteiger partial charge < -0.3 is 24.6 Å². The van der Waals surface area contributed by atoms with Crippen LogP contribution < -0.4 is 10.1 Å². The number of nitrogens with zero attached hydrogens (tertiary/aromatic N) is 3. The number of fused-ring (bicyclic) bond motifs is 1. The fourth-order valence-electron chi connectivity index (χ4n) is 4.29. The van der Waals surface area contributed by atoms with Crippen molar-refractivity contribution in [2.45, 2.75) is 31.3 Å². The van der Waals surface area contributed by atoms with Gasteiger partial charge in [-0.1, -0.05) is 18.2 Å². The second kappa shape index (κ2) is 8.82. The molecule has 1 aromatic rings. The summed E-state index contributed by atoms with van der Waals surface area (Å²) in [6.45, 7) is 5.33. The van der Waals surface area contributed by atoms with Crippen LogP contribution >= 0.6 is 0 Å².